The Hall–Kier alpha value is -2.11. The van der Waals surface area contributed by atoms with Gasteiger partial charge in [-0.3, -0.25) is 4.79 Å². The maximum atomic E-state index is 12.9. The van der Waals surface area contributed by atoms with Gasteiger partial charge in [0.1, 0.15) is 5.82 Å². The van der Waals surface area contributed by atoms with Gasteiger partial charge in [0.2, 0.25) is 5.91 Å². The van der Waals surface area contributed by atoms with Gasteiger partial charge in [-0.05, 0) is 48.7 Å². The molecule has 4 nitrogen and oxygen atoms in total. The van der Waals surface area contributed by atoms with Crippen LogP contribution in [0.1, 0.15) is 30.6 Å². The molecule has 6 heteroatoms. The van der Waals surface area contributed by atoms with Crippen molar-refractivity contribution in [1.82, 2.24) is 5.32 Å². The van der Waals surface area contributed by atoms with Crippen molar-refractivity contribution < 1.29 is 14.3 Å². The summed E-state index contributed by atoms with van der Waals surface area (Å²) < 4.78 is 12.9. The third-order valence-electron chi connectivity index (χ3n) is 3.58. The number of rotatable bonds is 6. The van der Waals surface area contributed by atoms with Gasteiger partial charge in [-0.2, -0.15) is 0 Å². The average Bonchev–Trinajstić information content (AvgIpc) is 2.50. The third kappa shape index (κ3) is 6.18. The van der Waals surface area contributed by atoms with E-state index in [-0.39, 0.29) is 36.6 Å². The normalized spacial score (nSPS) is 12.8. The Bertz CT molecular complexity index is 647. The topological polar surface area (TPSA) is 75.3 Å². The highest BCUT2D eigenvalue weighted by atomic mass is 35.5. The van der Waals surface area contributed by atoms with E-state index in [4.69, 9.17) is 5.73 Å². The zero-order valence-corrected chi connectivity index (χ0v) is 14.2. The summed E-state index contributed by atoms with van der Waals surface area (Å²) in [6, 6.07) is 12.6. The molecule has 2 atom stereocenters. The molecule has 0 spiro atoms. The van der Waals surface area contributed by atoms with Crippen molar-refractivity contribution in [3.05, 3.63) is 65.5 Å². The van der Waals surface area contributed by atoms with E-state index in [1.165, 1.54) is 12.1 Å². The number of carbonyl (C=O) groups is 1. The van der Waals surface area contributed by atoms with Crippen LogP contribution >= 0.6 is 12.4 Å². The van der Waals surface area contributed by atoms with Gasteiger partial charge in [0.25, 0.3) is 0 Å². The number of carbonyl (C=O) groups excluding carboxylic acids is 1. The van der Waals surface area contributed by atoms with E-state index in [0.717, 1.165) is 5.56 Å². The Morgan fingerprint density at radius 3 is 2.33 bits per heavy atom. The van der Waals surface area contributed by atoms with E-state index < -0.39 is 6.10 Å². The number of benzene rings is 2. The molecule has 0 heterocycles. The molecular formula is C18H22ClFN2O2. The minimum absolute atomic E-state index is 0. The summed E-state index contributed by atoms with van der Waals surface area (Å²) >= 11 is 0. The second-order valence-corrected chi connectivity index (χ2v) is 5.69. The van der Waals surface area contributed by atoms with Crippen LogP contribution in [0, 0.1) is 5.82 Å². The molecule has 0 bridgehead atoms. The number of amides is 1. The number of nitrogen functional groups attached to an aromatic ring is 1. The van der Waals surface area contributed by atoms with Gasteiger partial charge in [-0.25, -0.2) is 4.39 Å². The lowest BCUT2D eigenvalue weighted by Gasteiger charge is -2.18. The predicted octanol–water partition coefficient (Wildman–Crippen LogP) is 3.00. The molecule has 0 saturated carbocycles. The van der Waals surface area contributed by atoms with E-state index in [2.05, 4.69) is 5.32 Å². The van der Waals surface area contributed by atoms with Crippen molar-refractivity contribution in [2.45, 2.75) is 31.9 Å². The van der Waals surface area contributed by atoms with Crippen LogP contribution in [0.25, 0.3) is 0 Å². The first kappa shape index (κ1) is 19.9. The summed E-state index contributed by atoms with van der Waals surface area (Å²) in [5.41, 5.74) is 7.77. The van der Waals surface area contributed by atoms with E-state index in [0.29, 0.717) is 17.7 Å². The minimum Gasteiger partial charge on any atom is -0.399 e. The monoisotopic (exact) mass is 352 g/mol. The molecule has 2 unspecified atom stereocenters. The van der Waals surface area contributed by atoms with E-state index in [1.807, 2.05) is 19.1 Å². The van der Waals surface area contributed by atoms with Gasteiger partial charge in [-0.15, -0.1) is 12.4 Å². The first-order valence-corrected chi connectivity index (χ1v) is 7.51. The van der Waals surface area contributed by atoms with E-state index in [1.54, 1.807) is 24.3 Å². The highest BCUT2D eigenvalue weighted by Crippen LogP contribution is 2.18. The van der Waals surface area contributed by atoms with Crippen molar-refractivity contribution in [3.63, 3.8) is 0 Å². The number of halogens is 2. The second kappa shape index (κ2) is 9.25. The Kier molecular flexibility index (Phi) is 7.68. The van der Waals surface area contributed by atoms with Gasteiger partial charge >= 0.3 is 0 Å². The molecule has 4 N–H and O–H groups in total. The lowest BCUT2D eigenvalue weighted by atomic mass is 10.0. The summed E-state index contributed by atoms with van der Waals surface area (Å²) in [5, 5.41) is 13.0. The van der Waals surface area contributed by atoms with Gasteiger partial charge in [0, 0.05) is 11.7 Å². The SMILES string of the molecule is CC(CC(O)c1ccc(F)cc1)NC(=O)Cc1ccc(N)cc1.Cl. The molecule has 1 amide bonds. The van der Waals surface area contributed by atoms with Crippen LogP contribution in [-0.4, -0.2) is 17.1 Å². The van der Waals surface area contributed by atoms with Crippen molar-refractivity contribution in [2.24, 2.45) is 0 Å². The number of hydrogen-bond donors (Lipinski definition) is 3. The number of anilines is 1. The first-order chi connectivity index (χ1) is 10.9. The largest absolute Gasteiger partial charge is 0.399 e. The molecule has 0 aliphatic rings. The first-order valence-electron chi connectivity index (χ1n) is 7.51. The van der Waals surface area contributed by atoms with Gasteiger partial charge in [-0.1, -0.05) is 24.3 Å². The Balaban J connectivity index is 0.00000288. The zero-order valence-electron chi connectivity index (χ0n) is 13.4. The molecule has 0 fully saturated rings. The molecule has 0 aromatic heterocycles. The maximum Gasteiger partial charge on any atom is 0.224 e. The average molecular weight is 353 g/mol. The number of aliphatic hydroxyl groups excluding tert-OH is 1. The van der Waals surface area contributed by atoms with Gasteiger partial charge in [0.15, 0.2) is 0 Å². The zero-order chi connectivity index (χ0) is 16.8. The standard InChI is InChI=1S/C18H21FN2O2.ClH/c1-12(10-17(22)14-4-6-15(19)7-5-14)21-18(23)11-13-2-8-16(20)9-3-13;/h2-9,12,17,22H,10-11,20H2,1H3,(H,21,23);1H. The highest BCUT2D eigenvalue weighted by molar-refractivity contribution is 5.85. The number of nitrogens with one attached hydrogen (secondary N) is 1. The highest BCUT2D eigenvalue weighted by Gasteiger charge is 2.14. The molecule has 2 rings (SSSR count). The molecule has 0 aliphatic heterocycles. The van der Waals surface area contributed by atoms with Crippen molar-refractivity contribution >= 4 is 24.0 Å². The summed E-state index contributed by atoms with van der Waals surface area (Å²) in [6.07, 6.45) is -0.126. The van der Waals surface area contributed by atoms with Crippen molar-refractivity contribution in [2.75, 3.05) is 5.73 Å². The lowest BCUT2D eigenvalue weighted by molar-refractivity contribution is -0.121. The van der Waals surface area contributed by atoms with Crippen molar-refractivity contribution in [3.8, 4) is 0 Å². The van der Waals surface area contributed by atoms with Crippen LogP contribution in [0.4, 0.5) is 10.1 Å². The predicted molar refractivity (Wildman–Crippen MR) is 95.4 cm³/mol. The van der Waals surface area contributed by atoms with Crippen LogP contribution in [0.15, 0.2) is 48.5 Å². The molecule has 0 aliphatic carbocycles. The van der Waals surface area contributed by atoms with Crippen LogP contribution < -0.4 is 11.1 Å². The molecule has 0 radical (unpaired) electrons. The van der Waals surface area contributed by atoms with Gasteiger partial charge < -0.3 is 16.2 Å². The second-order valence-electron chi connectivity index (χ2n) is 5.69. The lowest BCUT2D eigenvalue weighted by Crippen LogP contribution is -2.34. The fraction of sp³-hybridized carbons (Fsp3) is 0.278. The molecule has 2 aromatic rings. The molecule has 130 valence electrons. The molecule has 0 saturated heterocycles. The van der Waals surface area contributed by atoms with Crippen LogP contribution in [0.5, 0.6) is 0 Å². The number of nitrogens with two attached hydrogens (primary N) is 1. The summed E-state index contributed by atoms with van der Waals surface area (Å²) in [5.74, 6) is -0.459. The third-order valence-corrected chi connectivity index (χ3v) is 3.58. The molecular weight excluding hydrogens is 331 g/mol. The summed E-state index contributed by atoms with van der Waals surface area (Å²) in [6.45, 7) is 1.83. The summed E-state index contributed by atoms with van der Waals surface area (Å²) in [7, 11) is 0. The molecule has 2 aromatic carbocycles. The van der Waals surface area contributed by atoms with Crippen LogP contribution in [-0.2, 0) is 11.2 Å². The minimum atomic E-state index is -0.748. The van der Waals surface area contributed by atoms with E-state index >= 15 is 0 Å². The number of hydrogen-bond acceptors (Lipinski definition) is 3. The van der Waals surface area contributed by atoms with Crippen LogP contribution in [0.3, 0.4) is 0 Å². The maximum absolute atomic E-state index is 12.9. The van der Waals surface area contributed by atoms with Gasteiger partial charge in [0.05, 0.1) is 12.5 Å². The Morgan fingerprint density at radius 2 is 1.75 bits per heavy atom. The molecule has 24 heavy (non-hydrogen) atoms. The van der Waals surface area contributed by atoms with Crippen molar-refractivity contribution in [1.29, 1.82) is 0 Å². The smallest absolute Gasteiger partial charge is 0.224 e. The Labute approximate surface area is 147 Å². The summed E-state index contributed by atoms with van der Waals surface area (Å²) in [4.78, 5) is 12.0. The quantitative estimate of drug-likeness (QED) is 0.699. The number of aliphatic hydroxyl groups is 1. The Morgan fingerprint density at radius 1 is 1.17 bits per heavy atom. The van der Waals surface area contributed by atoms with Crippen LogP contribution in [0.2, 0.25) is 0 Å². The van der Waals surface area contributed by atoms with E-state index in [9.17, 15) is 14.3 Å². The fourth-order valence-electron chi connectivity index (χ4n) is 2.36. The fourth-order valence-corrected chi connectivity index (χ4v) is 2.36.